The SMILES string of the molecule is CC(Nc1ccc(S(N)(=O)=O)cc1)c1ccccc1Br. The van der Waals surface area contributed by atoms with Gasteiger partial charge in [0, 0.05) is 16.2 Å². The molecule has 0 radical (unpaired) electrons. The van der Waals surface area contributed by atoms with Gasteiger partial charge in [0.15, 0.2) is 0 Å². The zero-order valence-electron chi connectivity index (χ0n) is 10.9. The van der Waals surface area contributed by atoms with Crippen LogP contribution in [0.5, 0.6) is 0 Å². The van der Waals surface area contributed by atoms with Crippen LogP contribution >= 0.6 is 15.9 Å². The number of halogens is 1. The summed E-state index contributed by atoms with van der Waals surface area (Å²) < 4.78 is 23.4. The standard InChI is InChI=1S/C14H15BrN2O2S/c1-10(13-4-2-3-5-14(13)15)17-11-6-8-12(9-7-11)20(16,18)19/h2-10,17H,1H3,(H2,16,18,19). The molecule has 6 heteroatoms. The lowest BCUT2D eigenvalue weighted by Gasteiger charge is -2.17. The summed E-state index contributed by atoms with van der Waals surface area (Å²) in [5.74, 6) is 0. The lowest BCUT2D eigenvalue weighted by atomic mass is 10.1. The van der Waals surface area contributed by atoms with Crippen molar-refractivity contribution in [1.29, 1.82) is 0 Å². The molecule has 20 heavy (non-hydrogen) atoms. The number of rotatable bonds is 4. The predicted octanol–water partition coefficient (Wildman–Crippen LogP) is 3.27. The second-order valence-corrected chi connectivity index (χ2v) is 6.87. The van der Waals surface area contributed by atoms with Crippen LogP contribution < -0.4 is 10.5 Å². The van der Waals surface area contributed by atoms with Crippen LogP contribution in [0.25, 0.3) is 0 Å². The monoisotopic (exact) mass is 354 g/mol. The molecule has 0 aliphatic heterocycles. The van der Waals surface area contributed by atoms with Crippen molar-refractivity contribution >= 4 is 31.6 Å². The van der Waals surface area contributed by atoms with Gasteiger partial charge in [-0.3, -0.25) is 0 Å². The molecule has 2 rings (SSSR count). The van der Waals surface area contributed by atoms with Crippen molar-refractivity contribution in [2.75, 3.05) is 5.32 Å². The summed E-state index contributed by atoms with van der Waals surface area (Å²) in [5, 5.41) is 8.38. The number of primary sulfonamides is 1. The van der Waals surface area contributed by atoms with Gasteiger partial charge in [-0.2, -0.15) is 0 Å². The van der Waals surface area contributed by atoms with E-state index in [2.05, 4.69) is 21.2 Å². The molecule has 106 valence electrons. The van der Waals surface area contributed by atoms with E-state index in [4.69, 9.17) is 5.14 Å². The molecule has 0 saturated carbocycles. The van der Waals surface area contributed by atoms with Crippen LogP contribution in [0, 0.1) is 0 Å². The van der Waals surface area contributed by atoms with Crippen LogP contribution in [0.1, 0.15) is 18.5 Å². The number of benzene rings is 2. The first-order valence-electron chi connectivity index (χ1n) is 6.02. The molecule has 3 N–H and O–H groups in total. The summed E-state index contributed by atoms with van der Waals surface area (Å²) in [6.45, 7) is 2.04. The first-order valence-corrected chi connectivity index (χ1v) is 8.35. The molecule has 0 amide bonds. The van der Waals surface area contributed by atoms with E-state index in [1.54, 1.807) is 12.1 Å². The third-order valence-corrected chi connectivity index (χ3v) is 4.59. The molecule has 0 aromatic heterocycles. The van der Waals surface area contributed by atoms with Gasteiger partial charge in [0.2, 0.25) is 10.0 Å². The summed E-state index contributed by atoms with van der Waals surface area (Å²) in [7, 11) is -3.64. The minimum Gasteiger partial charge on any atom is -0.378 e. The van der Waals surface area contributed by atoms with Gasteiger partial charge >= 0.3 is 0 Å². The molecule has 2 aromatic carbocycles. The van der Waals surface area contributed by atoms with Crippen molar-refractivity contribution in [3.63, 3.8) is 0 Å². The van der Waals surface area contributed by atoms with Crippen molar-refractivity contribution in [1.82, 2.24) is 0 Å². The number of hydrogen-bond donors (Lipinski definition) is 2. The summed E-state index contributed by atoms with van der Waals surface area (Å²) in [6.07, 6.45) is 0. The highest BCUT2D eigenvalue weighted by molar-refractivity contribution is 9.10. The van der Waals surface area contributed by atoms with Gasteiger partial charge in [-0.05, 0) is 42.8 Å². The number of hydrogen-bond acceptors (Lipinski definition) is 3. The van der Waals surface area contributed by atoms with E-state index >= 15 is 0 Å². The van der Waals surface area contributed by atoms with Crippen molar-refractivity contribution < 1.29 is 8.42 Å². The average Bonchev–Trinajstić information content (AvgIpc) is 2.38. The Morgan fingerprint density at radius 1 is 1.10 bits per heavy atom. The predicted molar refractivity (Wildman–Crippen MR) is 84.0 cm³/mol. The third-order valence-electron chi connectivity index (χ3n) is 2.94. The molecule has 0 fully saturated rings. The van der Waals surface area contributed by atoms with Crippen LogP contribution in [0.3, 0.4) is 0 Å². The smallest absolute Gasteiger partial charge is 0.238 e. The molecule has 2 aromatic rings. The number of sulfonamides is 1. The maximum atomic E-state index is 11.2. The van der Waals surface area contributed by atoms with E-state index < -0.39 is 10.0 Å². The van der Waals surface area contributed by atoms with Crippen molar-refractivity contribution in [2.45, 2.75) is 17.9 Å². The maximum absolute atomic E-state index is 11.2. The van der Waals surface area contributed by atoms with Gasteiger partial charge in [-0.25, -0.2) is 13.6 Å². The molecule has 0 aliphatic carbocycles. The van der Waals surface area contributed by atoms with Crippen LogP contribution in [0.4, 0.5) is 5.69 Å². The van der Waals surface area contributed by atoms with Gasteiger partial charge in [0.05, 0.1) is 4.90 Å². The van der Waals surface area contributed by atoms with Crippen molar-refractivity contribution in [3.8, 4) is 0 Å². The number of anilines is 1. The second kappa shape index (κ2) is 5.95. The minimum absolute atomic E-state index is 0.0888. The Labute approximate surface area is 127 Å². The quantitative estimate of drug-likeness (QED) is 0.884. The van der Waals surface area contributed by atoms with E-state index in [1.165, 1.54) is 12.1 Å². The molecule has 0 saturated heterocycles. The summed E-state index contributed by atoms with van der Waals surface area (Å²) in [6, 6.07) is 14.4. The molecule has 1 unspecified atom stereocenters. The summed E-state index contributed by atoms with van der Waals surface area (Å²) in [4.78, 5) is 0.108. The van der Waals surface area contributed by atoms with E-state index in [0.29, 0.717) is 0 Å². The molecule has 4 nitrogen and oxygen atoms in total. The van der Waals surface area contributed by atoms with Gasteiger partial charge in [0.25, 0.3) is 0 Å². The zero-order chi connectivity index (χ0) is 14.8. The van der Waals surface area contributed by atoms with Gasteiger partial charge < -0.3 is 5.32 Å². The Bertz CT molecular complexity index is 699. The largest absolute Gasteiger partial charge is 0.378 e. The number of nitrogens with one attached hydrogen (secondary N) is 1. The van der Waals surface area contributed by atoms with Crippen LogP contribution in [-0.4, -0.2) is 8.42 Å². The summed E-state index contributed by atoms with van der Waals surface area (Å²) >= 11 is 3.51. The highest BCUT2D eigenvalue weighted by atomic mass is 79.9. The second-order valence-electron chi connectivity index (χ2n) is 4.46. The maximum Gasteiger partial charge on any atom is 0.238 e. The molecule has 0 bridgehead atoms. The Balaban J connectivity index is 2.17. The molecule has 1 atom stereocenters. The Morgan fingerprint density at radius 2 is 1.70 bits per heavy atom. The first kappa shape index (κ1) is 15.0. The van der Waals surface area contributed by atoms with Crippen molar-refractivity contribution in [3.05, 3.63) is 58.6 Å². The fraction of sp³-hybridized carbons (Fsp3) is 0.143. The van der Waals surface area contributed by atoms with E-state index in [-0.39, 0.29) is 10.9 Å². The van der Waals surface area contributed by atoms with E-state index in [0.717, 1.165) is 15.7 Å². The molecular formula is C14H15BrN2O2S. The highest BCUT2D eigenvalue weighted by Gasteiger charge is 2.10. The van der Waals surface area contributed by atoms with Crippen LogP contribution in [0.2, 0.25) is 0 Å². The van der Waals surface area contributed by atoms with E-state index in [9.17, 15) is 8.42 Å². The average molecular weight is 355 g/mol. The Morgan fingerprint density at radius 3 is 2.25 bits per heavy atom. The first-order chi connectivity index (χ1) is 9.38. The Hall–Kier alpha value is -1.37. The van der Waals surface area contributed by atoms with Gasteiger partial charge in [0.1, 0.15) is 0 Å². The lowest BCUT2D eigenvalue weighted by Crippen LogP contribution is -2.12. The van der Waals surface area contributed by atoms with Gasteiger partial charge in [-0.1, -0.05) is 34.1 Å². The van der Waals surface area contributed by atoms with E-state index in [1.807, 2.05) is 31.2 Å². The number of nitrogens with two attached hydrogens (primary N) is 1. The molecule has 0 heterocycles. The van der Waals surface area contributed by atoms with Crippen LogP contribution in [-0.2, 0) is 10.0 Å². The topological polar surface area (TPSA) is 72.2 Å². The minimum atomic E-state index is -3.64. The fourth-order valence-corrected chi connectivity index (χ4v) is 3.04. The van der Waals surface area contributed by atoms with Gasteiger partial charge in [-0.15, -0.1) is 0 Å². The lowest BCUT2D eigenvalue weighted by molar-refractivity contribution is 0.598. The molecular weight excluding hydrogens is 340 g/mol. The third kappa shape index (κ3) is 3.59. The fourth-order valence-electron chi connectivity index (χ4n) is 1.89. The Kier molecular flexibility index (Phi) is 4.47. The highest BCUT2D eigenvalue weighted by Crippen LogP contribution is 2.26. The molecule has 0 spiro atoms. The summed E-state index contributed by atoms with van der Waals surface area (Å²) in [5.41, 5.74) is 1.96. The van der Waals surface area contributed by atoms with Crippen molar-refractivity contribution in [2.24, 2.45) is 5.14 Å². The zero-order valence-corrected chi connectivity index (χ0v) is 13.3. The normalized spacial score (nSPS) is 12.9. The molecule has 0 aliphatic rings. The van der Waals surface area contributed by atoms with Crippen LogP contribution in [0.15, 0.2) is 57.9 Å².